The maximum absolute atomic E-state index is 12.6. The molecule has 2 aromatic rings. The second-order valence-electron chi connectivity index (χ2n) is 7.55. The molecule has 1 aliphatic heterocycles. The van der Waals surface area contributed by atoms with Gasteiger partial charge in [0.2, 0.25) is 10.0 Å². The average molecular weight is 436 g/mol. The molecule has 8 heteroatoms. The molecule has 6 nitrogen and oxygen atoms in total. The fourth-order valence-electron chi connectivity index (χ4n) is 3.43. The molecule has 0 atom stereocenters. The summed E-state index contributed by atoms with van der Waals surface area (Å²) < 4.78 is 25.5. The molecule has 1 amide bonds. The Morgan fingerprint density at radius 2 is 1.79 bits per heavy atom. The van der Waals surface area contributed by atoms with Crippen LogP contribution in [0.3, 0.4) is 0 Å². The van der Waals surface area contributed by atoms with Gasteiger partial charge in [-0.15, -0.1) is 0 Å². The number of hydrogen-bond donors (Lipinski definition) is 2. The summed E-state index contributed by atoms with van der Waals surface area (Å²) in [6.07, 6.45) is 2.84. The Kier molecular flexibility index (Phi) is 6.82. The first-order chi connectivity index (χ1) is 13.7. The van der Waals surface area contributed by atoms with Crippen LogP contribution in [0.4, 0.5) is 5.69 Å². The number of piperidine rings is 1. The van der Waals surface area contributed by atoms with E-state index >= 15 is 0 Å². The normalized spacial score (nSPS) is 15.8. The second kappa shape index (κ2) is 9.15. The SMILES string of the molecule is Cc1ccc(C(=O)NC2CCN(Cc3ccc(Cl)cc3)CC2)cc1NS(C)(=O)=O. The molecule has 0 bridgehead atoms. The van der Waals surface area contributed by atoms with E-state index in [0.29, 0.717) is 11.3 Å². The van der Waals surface area contributed by atoms with Gasteiger partial charge in [-0.3, -0.25) is 14.4 Å². The molecular formula is C21H26ClN3O3S. The smallest absolute Gasteiger partial charge is 0.251 e. The number of carbonyl (C=O) groups is 1. The summed E-state index contributed by atoms with van der Waals surface area (Å²) >= 11 is 5.93. The molecule has 0 spiro atoms. The minimum absolute atomic E-state index is 0.108. The van der Waals surface area contributed by atoms with Gasteiger partial charge in [0.05, 0.1) is 11.9 Å². The van der Waals surface area contributed by atoms with Gasteiger partial charge in [0.25, 0.3) is 5.91 Å². The van der Waals surface area contributed by atoms with Crippen molar-refractivity contribution in [1.82, 2.24) is 10.2 Å². The highest BCUT2D eigenvalue weighted by atomic mass is 35.5. The van der Waals surface area contributed by atoms with Crippen molar-refractivity contribution < 1.29 is 13.2 Å². The largest absolute Gasteiger partial charge is 0.349 e. The fourth-order valence-corrected chi connectivity index (χ4v) is 4.17. The van der Waals surface area contributed by atoms with E-state index in [0.717, 1.165) is 49.3 Å². The van der Waals surface area contributed by atoms with Crippen LogP contribution in [0, 0.1) is 6.92 Å². The molecule has 0 aromatic heterocycles. The van der Waals surface area contributed by atoms with Crippen LogP contribution in [-0.4, -0.2) is 44.6 Å². The number of nitrogens with one attached hydrogen (secondary N) is 2. The highest BCUT2D eigenvalue weighted by molar-refractivity contribution is 7.92. The van der Waals surface area contributed by atoms with Crippen molar-refractivity contribution in [2.24, 2.45) is 0 Å². The number of amides is 1. The third-order valence-corrected chi connectivity index (χ3v) is 5.88. The summed E-state index contributed by atoms with van der Waals surface area (Å²) in [5.74, 6) is -0.183. The summed E-state index contributed by atoms with van der Waals surface area (Å²) in [7, 11) is -3.40. The molecule has 3 rings (SSSR count). The number of anilines is 1. The van der Waals surface area contributed by atoms with Gasteiger partial charge in [-0.1, -0.05) is 29.8 Å². The third kappa shape index (κ3) is 6.45. The van der Waals surface area contributed by atoms with Crippen molar-refractivity contribution >= 4 is 33.2 Å². The number of benzene rings is 2. The lowest BCUT2D eigenvalue weighted by molar-refractivity contribution is 0.0909. The number of hydrogen-bond acceptors (Lipinski definition) is 4. The van der Waals surface area contributed by atoms with Crippen LogP contribution in [0.15, 0.2) is 42.5 Å². The summed E-state index contributed by atoms with van der Waals surface area (Å²) in [5, 5.41) is 3.81. The first-order valence-corrected chi connectivity index (χ1v) is 11.8. The zero-order chi connectivity index (χ0) is 21.0. The molecule has 0 unspecified atom stereocenters. The van der Waals surface area contributed by atoms with Gasteiger partial charge in [-0.2, -0.15) is 0 Å². The van der Waals surface area contributed by atoms with E-state index in [1.807, 2.05) is 24.3 Å². The Morgan fingerprint density at radius 3 is 2.41 bits per heavy atom. The summed E-state index contributed by atoms with van der Waals surface area (Å²) in [6, 6.07) is 13.0. The van der Waals surface area contributed by atoms with Crippen LogP contribution in [0.2, 0.25) is 5.02 Å². The highest BCUT2D eigenvalue weighted by Gasteiger charge is 2.21. The van der Waals surface area contributed by atoms with Gasteiger partial charge in [0.1, 0.15) is 0 Å². The standard InChI is InChI=1S/C21H26ClN3O3S/c1-15-3-6-17(13-20(15)24-29(2,27)28)21(26)23-19-9-11-25(12-10-19)14-16-4-7-18(22)8-5-16/h3-8,13,19,24H,9-12,14H2,1-2H3,(H,23,26). The Labute approximate surface area is 177 Å². The number of carbonyl (C=O) groups excluding carboxylic acids is 1. The average Bonchev–Trinajstić information content (AvgIpc) is 2.66. The molecule has 0 saturated carbocycles. The lowest BCUT2D eigenvalue weighted by Crippen LogP contribution is -2.44. The van der Waals surface area contributed by atoms with Gasteiger partial charge in [0.15, 0.2) is 0 Å². The molecule has 0 aliphatic carbocycles. The van der Waals surface area contributed by atoms with Crippen LogP contribution in [0.1, 0.15) is 34.3 Å². The number of likely N-dealkylation sites (tertiary alicyclic amines) is 1. The molecule has 29 heavy (non-hydrogen) atoms. The molecular weight excluding hydrogens is 410 g/mol. The Balaban J connectivity index is 1.54. The van der Waals surface area contributed by atoms with Crippen molar-refractivity contribution in [3.63, 3.8) is 0 Å². The predicted molar refractivity (Wildman–Crippen MR) is 117 cm³/mol. The van der Waals surface area contributed by atoms with Gasteiger partial charge < -0.3 is 5.32 Å². The number of nitrogens with zero attached hydrogens (tertiary/aromatic N) is 1. The molecule has 1 aliphatic rings. The quantitative estimate of drug-likeness (QED) is 0.728. The maximum Gasteiger partial charge on any atom is 0.251 e. The number of rotatable bonds is 6. The number of aryl methyl sites for hydroxylation is 1. The monoisotopic (exact) mass is 435 g/mol. The number of halogens is 1. The third-order valence-electron chi connectivity index (χ3n) is 5.04. The van der Waals surface area contributed by atoms with Crippen LogP contribution in [-0.2, 0) is 16.6 Å². The van der Waals surface area contributed by atoms with E-state index in [1.165, 1.54) is 5.56 Å². The van der Waals surface area contributed by atoms with Crippen molar-refractivity contribution in [1.29, 1.82) is 0 Å². The molecule has 2 aromatic carbocycles. The maximum atomic E-state index is 12.6. The Morgan fingerprint density at radius 1 is 1.14 bits per heavy atom. The van der Waals surface area contributed by atoms with Gasteiger partial charge in [-0.25, -0.2) is 8.42 Å². The number of sulfonamides is 1. The zero-order valence-electron chi connectivity index (χ0n) is 16.6. The molecule has 2 N–H and O–H groups in total. The van der Waals surface area contributed by atoms with E-state index in [1.54, 1.807) is 25.1 Å². The topological polar surface area (TPSA) is 78.5 Å². The van der Waals surface area contributed by atoms with Crippen molar-refractivity contribution in [2.45, 2.75) is 32.4 Å². The fraction of sp³-hybridized carbons (Fsp3) is 0.381. The first kappa shape index (κ1) is 21.6. The van der Waals surface area contributed by atoms with Crippen LogP contribution >= 0.6 is 11.6 Å². The highest BCUT2D eigenvalue weighted by Crippen LogP contribution is 2.20. The van der Waals surface area contributed by atoms with Crippen LogP contribution < -0.4 is 10.0 Å². The van der Waals surface area contributed by atoms with E-state index in [9.17, 15) is 13.2 Å². The van der Waals surface area contributed by atoms with Crippen LogP contribution in [0.25, 0.3) is 0 Å². The minimum Gasteiger partial charge on any atom is -0.349 e. The van der Waals surface area contributed by atoms with Crippen molar-refractivity contribution in [3.05, 3.63) is 64.2 Å². The summed E-state index contributed by atoms with van der Waals surface area (Å²) in [4.78, 5) is 15.0. The van der Waals surface area contributed by atoms with Crippen molar-refractivity contribution in [3.8, 4) is 0 Å². The molecule has 1 saturated heterocycles. The predicted octanol–water partition coefficient (Wildman–Crippen LogP) is 3.41. The molecule has 0 radical (unpaired) electrons. The van der Waals surface area contributed by atoms with E-state index in [2.05, 4.69) is 14.9 Å². The van der Waals surface area contributed by atoms with Gasteiger partial charge >= 0.3 is 0 Å². The van der Waals surface area contributed by atoms with E-state index < -0.39 is 10.0 Å². The van der Waals surface area contributed by atoms with Crippen LogP contribution in [0.5, 0.6) is 0 Å². The van der Waals surface area contributed by atoms with Gasteiger partial charge in [-0.05, 0) is 55.2 Å². The van der Waals surface area contributed by atoms with Crippen molar-refractivity contribution in [2.75, 3.05) is 24.1 Å². The zero-order valence-corrected chi connectivity index (χ0v) is 18.2. The first-order valence-electron chi connectivity index (χ1n) is 9.56. The molecule has 156 valence electrons. The summed E-state index contributed by atoms with van der Waals surface area (Å²) in [5.41, 5.74) is 2.87. The van der Waals surface area contributed by atoms with E-state index in [-0.39, 0.29) is 11.9 Å². The second-order valence-corrected chi connectivity index (χ2v) is 9.74. The Bertz CT molecular complexity index is 969. The lowest BCUT2D eigenvalue weighted by atomic mass is 10.0. The Hall–Kier alpha value is -2.09. The lowest BCUT2D eigenvalue weighted by Gasteiger charge is -2.32. The minimum atomic E-state index is -3.40. The molecule has 1 heterocycles. The summed E-state index contributed by atoms with van der Waals surface area (Å²) in [6.45, 7) is 4.48. The van der Waals surface area contributed by atoms with E-state index in [4.69, 9.17) is 11.6 Å². The van der Waals surface area contributed by atoms with Gasteiger partial charge in [0, 0.05) is 36.3 Å². The molecule has 1 fully saturated rings.